The summed E-state index contributed by atoms with van der Waals surface area (Å²) >= 11 is 0. The van der Waals surface area contributed by atoms with Crippen LogP contribution < -0.4 is 25.2 Å². The predicted octanol–water partition coefficient (Wildman–Crippen LogP) is 1.95. The number of amides is 1. The number of ether oxygens (including phenoxy) is 1. The zero-order chi connectivity index (χ0) is 28.1. The second-order valence-corrected chi connectivity index (χ2v) is 12.8. The highest BCUT2D eigenvalue weighted by molar-refractivity contribution is 7.93. The van der Waals surface area contributed by atoms with Crippen molar-refractivity contribution in [2.75, 3.05) is 66.2 Å². The van der Waals surface area contributed by atoms with Crippen LogP contribution in [0.15, 0.2) is 42.5 Å². The van der Waals surface area contributed by atoms with E-state index in [-0.39, 0.29) is 17.7 Å². The highest BCUT2D eigenvalue weighted by atomic mass is 32.2. The van der Waals surface area contributed by atoms with E-state index in [2.05, 4.69) is 20.9 Å². The number of likely N-dealkylation sites (N-methyl/N-ethyl adjacent to an activating group) is 1. The molecule has 0 unspecified atom stereocenters. The molecule has 0 saturated carbocycles. The number of nitrogens with zero attached hydrogens (tertiary/aromatic N) is 2. The SMILES string of the molecule is CCN1CCNc2c1cc(C(=O)N[C@@H](Cc1ccccc1)[C@H](O)CNC1CCOCC1)cc2N1CCCS1(=O)=O. The van der Waals surface area contributed by atoms with Crippen LogP contribution in [0.4, 0.5) is 17.1 Å². The number of carbonyl (C=O) groups excluding carboxylic acids is 1. The van der Waals surface area contributed by atoms with Crippen LogP contribution in [0.2, 0.25) is 0 Å². The van der Waals surface area contributed by atoms with Crippen LogP contribution in [0.1, 0.15) is 42.1 Å². The number of anilines is 3. The molecule has 2 atom stereocenters. The van der Waals surface area contributed by atoms with E-state index in [1.807, 2.05) is 43.3 Å². The predicted molar refractivity (Wildman–Crippen MR) is 158 cm³/mol. The zero-order valence-corrected chi connectivity index (χ0v) is 24.0. The maximum Gasteiger partial charge on any atom is 0.251 e. The van der Waals surface area contributed by atoms with Crippen molar-refractivity contribution in [1.29, 1.82) is 0 Å². The molecule has 3 heterocycles. The maximum atomic E-state index is 13.8. The third-order valence-electron chi connectivity index (χ3n) is 8.05. The first kappa shape index (κ1) is 28.7. The van der Waals surface area contributed by atoms with Crippen LogP contribution >= 0.6 is 0 Å². The number of benzene rings is 2. The molecule has 2 fully saturated rings. The monoisotopic (exact) mass is 571 g/mol. The Morgan fingerprint density at radius 3 is 2.60 bits per heavy atom. The van der Waals surface area contributed by atoms with Gasteiger partial charge in [0.2, 0.25) is 10.0 Å². The Labute approximate surface area is 237 Å². The zero-order valence-electron chi connectivity index (χ0n) is 23.1. The van der Waals surface area contributed by atoms with E-state index in [1.54, 1.807) is 6.07 Å². The molecule has 0 spiro atoms. The lowest BCUT2D eigenvalue weighted by molar-refractivity contribution is 0.0657. The van der Waals surface area contributed by atoms with Crippen molar-refractivity contribution in [3.8, 4) is 0 Å². The van der Waals surface area contributed by atoms with Crippen molar-refractivity contribution in [1.82, 2.24) is 10.6 Å². The molecule has 2 aromatic rings. The first-order valence-corrected chi connectivity index (χ1v) is 16.0. The lowest BCUT2D eigenvalue weighted by Crippen LogP contribution is -2.50. The van der Waals surface area contributed by atoms with Gasteiger partial charge < -0.3 is 30.7 Å². The quantitative estimate of drug-likeness (QED) is 0.341. The fraction of sp³-hybridized carbons (Fsp3) is 0.552. The van der Waals surface area contributed by atoms with E-state index in [0.29, 0.717) is 56.9 Å². The first-order valence-electron chi connectivity index (χ1n) is 14.4. The average molecular weight is 572 g/mol. The van der Waals surface area contributed by atoms with E-state index in [9.17, 15) is 18.3 Å². The van der Waals surface area contributed by atoms with Gasteiger partial charge in [0.1, 0.15) is 0 Å². The normalized spacial score (nSPS) is 20.4. The molecule has 0 radical (unpaired) electrons. The molecule has 2 saturated heterocycles. The lowest BCUT2D eigenvalue weighted by Gasteiger charge is -2.35. The van der Waals surface area contributed by atoms with Gasteiger partial charge in [0.05, 0.1) is 35.0 Å². The maximum absolute atomic E-state index is 13.8. The minimum atomic E-state index is -3.45. The van der Waals surface area contributed by atoms with Gasteiger partial charge in [-0.2, -0.15) is 0 Å². The van der Waals surface area contributed by atoms with Crippen molar-refractivity contribution in [3.63, 3.8) is 0 Å². The summed E-state index contributed by atoms with van der Waals surface area (Å²) in [6.07, 6.45) is 1.97. The highest BCUT2D eigenvalue weighted by Crippen LogP contribution is 2.41. The molecular formula is C29H41N5O5S. The molecule has 5 rings (SSSR count). The Balaban J connectivity index is 1.42. The number of sulfonamides is 1. The molecule has 3 aliphatic rings. The summed E-state index contributed by atoms with van der Waals surface area (Å²) in [6.45, 7) is 6.37. The van der Waals surface area contributed by atoms with Gasteiger partial charge in [0, 0.05) is 57.5 Å². The summed E-state index contributed by atoms with van der Waals surface area (Å²) in [6, 6.07) is 13.0. The van der Waals surface area contributed by atoms with Crippen LogP contribution in [0, 0.1) is 0 Å². The number of carbonyl (C=O) groups is 1. The Bertz CT molecular complexity index is 1270. The molecule has 3 aliphatic heterocycles. The largest absolute Gasteiger partial charge is 0.390 e. The fourth-order valence-corrected chi connectivity index (χ4v) is 7.34. The van der Waals surface area contributed by atoms with Crippen molar-refractivity contribution < 1.29 is 23.1 Å². The second-order valence-electron chi connectivity index (χ2n) is 10.8. The molecule has 1 amide bonds. The number of fused-ring (bicyclic) bond motifs is 1. The molecule has 0 bridgehead atoms. The molecule has 11 heteroatoms. The molecular weight excluding hydrogens is 530 g/mol. The van der Waals surface area contributed by atoms with Crippen LogP contribution in [-0.2, 0) is 21.2 Å². The summed E-state index contributed by atoms with van der Waals surface area (Å²) in [5.74, 6) is -0.241. The molecule has 2 aromatic carbocycles. The summed E-state index contributed by atoms with van der Waals surface area (Å²) < 4.78 is 32.7. The molecule has 0 aromatic heterocycles. The van der Waals surface area contributed by atoms with Gasteiger partial charge >= 0.3 is 0 Å². The summed E-state index contributed by atoms with van der Waals surface area (Å²) in [5.41, 5.74) is 3.46. The summed E-state index contributed by atoms with van der Waals surface area (Å²) in [5, 5.41) is 21.2. The molecule has 40 heavy (non-hydrogen) atoms. The van der Waals surface area contributed by atoms with Crippen molar-refractivity contribution in [3.05, 3.63) is 53.6 Å². The Kier molecular flexibility index (Phi) is 9.14. The number of rotatable bonds is 10. The van der Waals surface area contributed by atoms with E-state index >= 15 is 0 Å². The fourth-order valence-electron chi connectivity index (χ4n) is 5.78. The average Bonchev–Trinajstić information content (AvgIpc) is 3.34. The lowest BCUT2D eigenvalue weighted by atomic mass is 9.99. The van der Waals surface area contributed by atoms with Gasteiger partial charge in [-0.1, -0.05) is 30.3 Å². The number of hydrogen-bond acceptors (Lipinski definition) is 8. The Morgan fingerprint density at radius 1 is 1.15 bits per heavy atom. The summed E-state index contributed by atoms with van der Waals surface area (Å²) in [4.78, 5) is 16.0. The van der Waals surface area contributed by atoms with E-state index < -0.39 is 22.2 Å². The summed E-state index contributed by atoms with van der Waals surface area (Å²) in [7, 11) is -3.45. The topological polar surface area (TPSA) is 123 Å². The van der Waals surface area contributed by atoms with Crippen LogP contribution in [-0.4, -0.2) is 89.3 Å². The van der Waals surface area contributed by atoms with Crippen LogP contribution in [0.5, 0.6) is 0 Å². The van der Waals surface area contributed by atoms with Gasteiger partial charge in [-0.05, 0) is 50.3 Å². The number of hydrogen-bond donors (Lipinski definition) is 4. The standard InChI is InChI=1S/C29H41N5O5S/c1-2-33-13-11-30-28-25(33)18-22(19-26(28)34-12-6-16-40(34,37)38)29(36)32-24(17-21-7-4-3-5-8-21)27(35)20-31-23-9-14-39-15-10-23/h3-5,7-8,18-19,23-24,27,30-31,35H,2,6,9-17,20H2,1H3,(H,32,36)/t24-,27+/m0/s1. The van der Waals surface area contributed by atoms with E-state index in [4.69, 9.17) is 4.74 Å². The number of aliphatic hydroxyl groups excluding tert-OH is 1. The number of aliphatic hydroxyl groups is 1. The minimum Gasteiger partial charge on any atom is -0.390 e. The van der Waals surface area contributed by atoms with Crippen molar-refractivity contribution in [2.24, 2.45) is 0 Å². The smallest absolute Gasteiger partial charge is 0.251 e. The molecule has 0 aliphatic carbocycles. The third kappa shape index (κ3) is 6.54. The van der Waals surface area contributed by atoms with E-state index in [0.717, 1.165) is 42.9 Å². The van der Waals surface area contributed by atoms with Crippen LogP contribution in [0.25, 0.3) is 0 Å². The van der Waals surface area contributed by atoms with Gasteiger partial charge in [0.25, 0.3) is 5.91 Å². The second kappa shape index (κ2) is 12.8. The highest BCUT2D eigenvalue weighted by Gasteiger charge is 2.34. The van der Waals surface area contributed by atoms with Gasteiger partial charge in [-0.3, -0.25) is 9.10 Å². The minimum absolute atomic E-state index is 0.0984. The molecule has 10 nitrogen and oxygen atoms in total. The first-order chi connectivity index (χ1) is 19.4. The van der Waals surface area contributed by atoms with Crippen molar-refractivity contribution in [2.45, 2.75) is 50.8 Å². The van der Waals surface area contributed by atoms with Gasteiger partial charge in [-0.15, -0.1) is 0 Å². The Hall–Kier alpha value is -2.86. The molecule has 218 valence electrons. The Morgan fingerprint density at radius 2 is 1.90 bits per heavy atom. The van der Waals surface area contributed by atoms with Crippen molar-refractivity contribution >= 4 is 33.0 Å². The molecule has 4 N–H and O–H groups in total. The number of nitrogens with one attached hydrogen (secondary N) is 3. The van der Waals surface area contributed by atoms with E-state index in [1.165, 1.54) is 4.31 Å². The van der Waals surface area contributed by atoms with Gasteiger partial charge in [0.15, 0.2) is 0 Å². The third-order valence-corrected chi connectivity index (χ3v) is 9.90. The van der Waals surface area contributed by atoms with Gasteiger partial charge in [-0.25, -0.2) is 8.42 Å². The van der Waals surface area contributed by atoms with Crippen LogP contribution in [0.3, 0.4) is 0 Å².